The second-order valence-electron chi connectivity index (χ2n) is 4.50. The summed E-state index contributed by atoms with van der Waals surface area (Å²) in [6, 6.07) is 11.9. The predicted octanol–water partition coefficient (Wildman–Crippen LogP) is 6.24. The van der Waals surface area contributed by atoms with E-state index in [1.165, 1.54) is 0 Å². The Kier molecular flexibility index (Phi) is 4.77. The van der Waals surface area contributed by atoms with Crippen molar-refractivity contribution in [1.82, 2.24) is 0 Å². The van der Waals surface area contributed by atoms with Gasteiger partial charge in [0.1, 0.15) is 0 Å². The smallest absolute Gasteiger partial charge is 0.0504 e. The van der Waals surface area contributed by atoms with Gasteiger partial charge in [-0.25, -0.2) is 0 Å². The van der Waals surface area contributed by atoms with Gasteiger partial charge in [-0.2, -0.15) is 0 Å². The molecule has 100 valence electrons. The Morgan fingerprint density at radius 1 is 1.16 bits per heavy atom. The number of halogens is 3. The van der Waals surface area contributed by atoms with Crippen molar-refractivity contribution in [1.29, 1.82) is 0 Å². The zero-order valence-corrected chi connectivity index (χ0v) is 13.8. The topological polar surface area (TPSA) is 12.0 Å². The van der Waals surface area contributed by atoms with Crippen LogP contribution in [0.3, 0.4) is 0 Å². The number of nitrogens with one attached hydrogen (secondary N) is 1. The summed E-state index contributed by atoms with van der Waals surface area (Å²) in [5.41, 5.74) is 3.16. The van der Waals surface area contributed by atoms with Crippen molar-refractivity contribution in [2.45, 2.75) is 19.9 Å². The fourth-order valence-electron chi connectivity index (χ4n) is 1.85. The van der Waals surface area contributed by atoms with Gasteiger partial charge in [0.25, 0.3) is 0 Å². The van der Waals surface area contributed by atoms with E-state index in [-0.39, 0.29) is 6.04 Å². The first kappa shape index (κ1) is 14.7. The molecule has 0 fully saturated rings. The summed E-state index contributed by atoms with van der Waals surface area (Å²) >= 11 is 15.7. The SMILES string of the molecule is Cc1cc(Br)c(NC(C)c2cccc(Cl)c2)cc1Cl. The predicted molar refractivity (Wildman–Crippen MR) is 87.4 cm³/mol. The fourth-order valence-corrected chi connectivity index (χ4v) is 2.78. The van der Waals surface area contributed by atoms with E-state index in [1.54, 1.807) is 0 Å². The zero-order chi connectivity index (χ0) is 14.0. The van der Waals surface area contributed by atoms with Crippen LogP contribution in [0.5, 0.6) is 0 Å². The lowest BCUT2D eigenvalue weighted by Gasteiger charge is -2.18. The van der Waals surface area contributed by atoms with Gasteiger partial charge in [-0.05, 0) is 65.2 Å². The first-order valence-electron chi connectivity index (χ1n) is 5.95. The summed E-state index contributed by atoms with van der Waals surface area (Å²) in [4.78, 5) is 0. The van der Waals surface area contributed by atoms with Gasteiger partial charge >= 0.3 is 0 Å². The molecular formula is C15H14BrCl2N. The number of hydrogen-bond donors (Lipinski definition) is 1. The molecule has 1 nitrogen and oxygen atoms in total. The van der Waals surface area contributed by atoms with Crippen molar-refractivity contribution in [2.75, 3.05) is 5.32 Å². The molecule has 0 amide bonds. The van der Waals surface area contributed by atoms with Crippen LogP contribution in [-0.2, 0) is 0 Å². The highest BCUT2D eigenvalue weighted by Gasteiger charge is 2.09. The van der Waals surface area contributed by atoms with Gasteiger partial charge < -0.3 is 5.32 Å². The number of benzene rings is 2. The lowest BCUT2D eigenvalue weighted by atomic mass is 10.1. The normalized spacial score (nSPS) is 12.3. The van der Waals surface area contributed by atoms with Crippen LogP contribution in [0.1, 0.15) is 24.1 Å². The van der Waals surface area contributed by atoms with Crippen molar-refractivity contribution >= 4 is 44.8 Å². The van der Waals surface area contributed by atoms with E-state index >= 15 is 0 Å². The van der Waals surface area contributed by atoms with Crippen molar-refractivity contribution in [3.8, 4) is 0 Å². The second-order valence-corrected chi connectivity index (χ2v) is 6.20. The third-order valence-electron chi connectivity index (χ3n) is 2.97. The zero-order valence-electron chi connectivity index (χ0n) is 10.7. The molecule has 0 saturated carbocycles. The minimum atomic E-state index is 0.147. The molecular weight excluding hydrogens is 345 g/mol. The molecule has 0 spiro atoms. The van der Waals surface area contributed by atoms with Crippen LogP contribution < -0.4 is 5.32 Å². The molecule has 0 bridgehead atoms. The molecule has 2 aromatic carbocycles. The summed E-state index contributed by atoms with van der Waals surface area (Å²) in [5, 5.41) is 4.93. The molecule has 0 saturated heterocycles. The summed E-state index contributed by atoms with van der Waals surface area (Å²) < 4.78 is 1.00. The average Bonchev–Trinajstić information content (AvgIpc) is 2.36. The molecule has 0 aromatic heterocycles. The number of aryl methyl sites for hydroxylation is 1. The highest BCUT2D eigenvalue weighted by atomic mass is 79.9. The molecule has 2 rings (SSSR count). The number of rotatable bonds is 3. The Morgan fingerprint density at radius 3 is 2.58 bits per heavy atom. The maximum Gasteiger partial charge on any atom is 0.0504 e. The molecule has 4 heteroatoms. The van der Waals surface area contributed by atoms with Gasteiger partial charge in [0.15, 0.2) is 0 Å². The van der Waals surface area contributed by atoms with E-state index in [4.69, 9.17) is 23.2 Å². The van der Waals surface area contributed by atoms with Gasteiger partial charge in [-0.15, -0.1) is 0 Å². The Labute approximate surface area is 132 Å². The molecule has 0 aliphatic rings. The maximum absolute atomic E-state index is 6.16. The van der Waals surface area contributed by atoms with Crippen molar-refractivity contribution < 1.29 is 0 Å². The quantitative estimate of drug-likeness (QED) is 0.684. The molecule has 1 atom stereocenters. The van der Waals surface area contributed by atoms with Crippen molar-refractivity contribution in [3.63, 3.8) is 0 Å². The minimum absolute atomic E-state index is 0.147. The Hall–Kier alpha value is -0.700. The van der Waals surface area contributed by atoms with E-state index in [2.05, 4.69) is 28.2 Å². The lowest BCUT2D eigenvalue weighted by molar-refractivity contribution is 0.883. The monoisotopic (exact) mass is 357 g/mol. The van der Waals surface area contributed by atoms with Crippen molar-refractivity contribution in [3.05, 3.63) is 62.0 Å². The summed E-state index contributed by atoms with van der Waals surface area (Å²) in [7, 11) is 0. The Bertz CT molecular complexity index is 599. The maximum atomic E-state index is 6.16. The van der Waals surface area contributed by atoms with E-state index in [9.17, 15) is 0 Å². The van der Waals surface area contributed by atoms with Gasteiger partial charge in [0, 0.05) is 20.6 Å². The van der Waals surface area contributed by atoms with Gasteiger partial charge in [0.05, 0.1) is 5.69 Å². The van der Waals surface area contributed by atoms with Crippen LogP contribution in [0.25, 0.3) is 0 Å². The first-order valence-corrected chi connectivity index (χ1v) is 7.50. The third-order valence-corrected chi connectivity index (χ3v) is 4.27. The van der Waals surface area contributed by atoms with Gasteiger partial charge in [0.2, 0.25) is 0 Å². The highest BCUT2D eigenvalue weighted by molar-refractivity contribution is 9.10. The van der Waals surface area contributed by atoms with Crippen molar-refractivity contribution in [2.24, 2.45) is 0 Å². The second kappa shape index (κ2) is 6.17. The number of anilines is 1. The van der Waals surface area contributed by atoms with E-state index in [1.807, 2.05) is 43.3 Å². The van der Waals surface area contributed by atoms with Crippen LogP contribution in [0.2, 0.25) is 10.0 Å². The molecule has 0 aliphatic heterocycles. The van der Waals surface area contributed by atoms with Gasteiger partial charge in [-0.3, -0.25) is 0 Å². The Balaban J connectivity index is 2.24. The van der Waals surface area contributed by atoms with E-state index < -0.39 is 0 Å². The van der Waals surface area contributed by atoms with E-state index in [0.717, 1.165) is 31.3 Å². The summed E-state index contributed by atoms with van der Waals surface area (Å²) in [5.74, 6) is 0. The van der Waals surface area contributed by atoms with Crippen LogP contribution in [0.4, 0.5) is 5.69 Å². The van der Waals surface area contributed by atoms with Crippen LogP contribution in [0.15, 0.2) is 40.9 Å². The summed E-state index contributed by atoms with van der Waals surface area (Å²) in [6.45, 7) is 4.07. The van der Waals surface area contributed by atoms with Gasteiger partial charge in [-0.1, -0.05) is 35.3 Å². The third kappa shape index (κ3) is 3.65. The minimum Gasteiger partial charge on any atom is -0.378 e. The fraction of sp³-hybridized carbons (Fsp3) is 0.200. The molecule has 2 aromatic rings. The molecule has 19 heavy (non-hydrogen) atoms. The molecule has 0 aliphatic carbocycles. The molecule has 0 radical (unpaired) electrons. The molecule has 1 unspecified atom stereocenters. The first-order chi connectivity index (χ1) is 8.97. The molecule has 1 N–H and O–H groups in total. The highest BCUT2D eigenvalue weighted by Crippen LogP contribution is 2.32. The average molecular weight is 359 g/mol. The van der Waals surface area contributed by atoms with Crippen LogP contribution >= 0.6 is 39.1 Å². The standard InChI is InChI=1S/C15H14BrCl2N/c1-9-6-13(16)15(8-14(9)18)19-10(2)11-4-3-5-12(17)7-11/h3-8,10,19H,1-2H3. The van der Waals surface area contributed by atoms with Crippen LogP contribution in [0, 0.1) is 6.92 Å². The summed E-state index contributed by atoms with van der Waals surface area (Å²) in [6.07, 6.45) is 0. The largest absolute Gasteiger partial charge is 0.378 e. The van der Waals surface area contributed by atoms with Crippen LogP contribution in [-0.4, -0.2) is 0 Å². The molecule has 0 heterocycles. The lowest BCUT2D eigenvalue weighted by Crippen LogP contribution is -2.07. The van der Waals surface area contributed by atoms with E-state index in [0.29, 0.717) is 0 Å². The number of hydrogen-bond acceptors (Lipinski definition) is 1. The Morgan fingerprint density at radius 2 is 1.89 bits per heavy atom.